The van der Waals surface area contributed by atoms with E-state index in [9.17, 15) is 28.8 Å². The summed E-state index contributed by atoms with van der Waals surface area (Å²) in [6.45, 7) is 4.60. The average molecular weight is 938 g/mol. The highest BCUT2D eigenvalue weighted by Crippen LogP contribution is 2.39. The van der Waals surface area contributed by atoms with Gasteiger partial charge in [0.15, 0.2) is 18.5 Å². The number of esters is 5. The second-order valence-electron chi connectivity index (χ2n) is 15.8. The monoisotopic (exact) mass is 937 g/mol. The zero-order valence-corrected chi connectivity index (χ0v) is 38.5. The number of nitrogens with one attached hydrogen (secondary N) is 1. The maximum absolute atomic E-state index is 14.3. The van der Waals surface area contributed by atoms with Crippen LogP contribution in [0, 0.1) is 0 Å². The van der Waals surface area contributed by atoms with Crippen molar-refractivity contribution in [3.8, 4) is 0 Å². The molecule has 364 valence electrons. The Morgan fingerprint density at radius 3 is 1.66 bits per heavy atom. The van der Waals surface area contributed by atoms with Gasteiger partial charge in [0.25, 0.3) is 5.79 Å². The van der Waals surface area contributed by atoms with Gasteiger partial charge in [0, 0.05) is 41.7 Å². The summed E-state index contributed by atoms with van der Waals surface area (Å²) in [5, 5.41) is 2.65. The van der Waals surface area contributed by atoms with Crippen LogP contribution in [0.15, 0.2) is 91.0 Å². The SMILES string of the molecule is COC(=O)[C@]1(OC[C@H]2O[C@@H](OC)[C@H](OCc3ccccc3)[C@@H](OCc3ccccc3)[C@H]2OCc2ccccc2)C[C@H](OC(C)=O)[C@@H](NC(C)=O)[C@H]([C@H](OC(C)=O)[C@@H](COC(C)=O)OC(C)=O)O1. The molecule has 19 heteroatoms. The standard InChI is InChI=1S/C48H59NO18/c1-29(50)49-40-37(63-31(3)52)23-48(47(55)57-7,67-43(40)42(65-33(5)54)38(64-32(4)53)27-58-30(2)51)62-28-39-41(59-24-34-17-11-8-12-18-34)44(60-25-35-19-13-9-14-20-35)45(46(56-6)66-39)61-26-36-21-15-10-16-22-36/h8-22,37-46H,23-28H2,1-7H3,(H,49,50)/t37-,38+,39+,40+,41-,42+,43+,44-,45+,46+,48-/m0/s1. The van der Waals surface area contributed by atoms with E-state index < -0.39 is 122 Å². The molecule has 0 aliphatic carbocycles. The number of hydrogen-bond donors (Lipinski definition) is 1. The Balaban J connectivity index is 1.60. The Hall–Kier alpha value is -5.80. The van der Waals surface area contributed by atoms with Crippen LogP contribution in [0.4, 0.5) is 0 Å². The maximum atomic E-state index is 14.3. The molecular weight excluding hydrogens is 879 g/mol. The van der Waals surface area contributed by atoms with Gasteiger partial charge in [-0.25, -0.2) is 4.79 Å². The van der Waals surface area contributed by atoms with Crippen LogP contribution in [0.2, 0.25) is 0 Å². The lowest BCUT2D eigenvalue weighted by Crippen LogP contribution is -2.70. The first-order valence-electron chi connectivity index (χ1n) is 21.6. The van der Waals surface area contributed by atoms with Crippen LogP contribution in [0.1, 0.15) is 57.7 Å². The summed E-state index contributed by atoms with van der Waals surface area (Å²) in [5.74, 6) is -7.79. The number of benzene rings is 3. The lowest BCUT2D eigenvalue weighted by atomic mass is 9.87. The van der Waals surface area contributed by atoms with Crippen LogP contribution in [-0.4, -0.2) is 130 Å². The van der Waals surface area contributed by atoms with Crippen molar-refractivity contribution in [2.24, 2.45) is 0 Å². The first-order valence-corrected chi connectivity index (χ1v) is 21.6. The third kappa shape index (κ3) is 15.1. The molecule has 11 atom stereocenters. The molecule has 3 aromatic rings. The van der Waals surface area contributed by atoms with E-state index in [2.05, 4.69) is 5.32 Å². The van der Waals surface area contributed by atoms with Gasteiger partial charge >= 0.3 is 29.8 Å². The van der Waals surface area contributed by atoms with Crippen molar-refractivity contribution in [2.75, 3.05) is 27.4 Å². The molecule has 19 nitrogen and oxygen atoms in total. The molecule has 0 radical (unpaired) electrons. The number of methoxy groups -OCH3 is 2. The molecule has 0 spiro atoms. The molecule has 2 heterocycles. The predicted molar refractivity (Wildman–Crippen MR) is 232 cm³/mol. The molecule has 0 aromatic heterocycles. The molecule has 0 saturated carbocycles. The summed E-state index contributed by atoms with van der Waals surface area (Å²) in [6.07, 6.45) is -12.3. The topological polar surface area (TPSA) is 225 Å². The minimum Gasteiger partial charge on any atom is -0.465 e. The quantitative estimate of drug-likeness (QED) is 0.112. The molecule has 0 bridgehead atoms. The van der Waals surface area contributed by atoms with E-state index >= 15 is 0 Å². The van der Waals surface area contributed by atoms with Crippen molar-refractivity contribution in [2.45, 2.75) is 128 Å². The van der Waals surface area contributed by atoms with Gasteiger partial charge < -0.3 is 62.2 Å². The van der Waals surface area contributed by atoms with E-state index in [4.69, 9.17) is 56.8 Å². The molecular formula is C48H59NO18. The fourth-order valence-corrected chi connectivity index (χ4v) is 7.83. The van der Waals surface area contributed by atoms with Gasteiger partial charge in [-0.1, -0.05) is 91.0 Å². The summed E-state index contributed by atoms with van der Waals surface area (Å²) in [7, 11) is 2.49. The van der Waals surface area contributed by atoms with Gasteiger partial charge in [0.1, 0.15) is 43.2 Å². The van der Waals surface area contributed by atoms with Crippen LogP contribution in [0.25, 0.3) is 0 Å². The number of amides is 1. The Morgan fingerprint density at radius 2 is 1.19 bits per heavy atom. The third-order valence-corrected chi connectivity index (χ3v) is 10.7. The largest absolute Gasteiger partial charge is 0.465 e. The first-order chi connectivity index (χ1) is 32.1. The molecule has 2 fully saturated rings. The summed E-state index contributed by atoms with van der Waals surface area (Å²) >= 11 is 0. The van der Waals surface area contributed by atoms with Crippen molar-refractivity contribution in [3.05, 3.63) is 108 Å². The number of ether oxygens (including phenoxy) is 12. The van der Waals surface area contributed by atoms with Gasteiger partial charge in [-0.3, -0.25) is 24.0 Å². The van der Waals surface area contributed by atoms with Gasteiger partial charge in [0.05, 0.1) is 46.0 Å². The Bertz CT molecular complexity index is 2070. The lowest BCUT2D eigenvalue weighted by molar-refractivity contribution is -0.348. The van der Waals surface area contributed by atoms with Crippen LogP contribution in [-0.2, 0) is 105 Å². The van der Waals surface area contributed by atoms with Gasteiger partial charge in [-0.05, 0) is 16.7 Å². The molecule has 0 unspecified atom stereocenters. The van der Waals surface area contributed by atoms with Crippen LogP contribution < -0.4 is 5.32 Å². The molecule has 5 rings (SSSR count). The molecule has 2 aliphatic heterocycles. The molecule has 2 aliphatic rings. The molecule has 67 heavy (non-hydrogen) atoms. The number of rotatable bonds is 22. The van der Waals surface area contributed by atoms with Crippen molar-refractivity contribution in [1.29, 1.82) is 0 Å². The van der Waals surface area contributed by atoms with E-state index in [-0.39, 0.29) is 19.8 Å². The summed E-state index contributed by atoms with van der Waals surface area (Å²) < 4.78 is 72.9. The Morgan fingerprint density at radius 1 is 0.672 bits per heavy atom. The van der Waals surface area contributed by atoms with Crippen molar-refractivity contribution in [3.63, 3.8) is 0 Å². The van der Waals surface area contributed by atoms with Crippen LogP contribution in [0.3, 0.4) is 0 Å². The van der Waals surface area contributed by atoms with Crippen molar-refractivity contribution < 1.29 is 85.6 Å². The van der Waals surface area contributed by atoms with Gasteiger partial charge in [0.2, 0.25) is 5.91 Å². The zero-order chi connectivity index (χ0) is 48.5. The van der Waals surface area contributed by atoms with Crippen molar-refractivity contribution >= 4 is 35.8 Å². The first kappa shape index (κ1) is 52.2. The summed E-state index contributed by atoms with van der Waals surface area (Å²) in [5.41, 5.74) is 2.52. The fourth-order valence-electron chi connectivity index (χ4n) is 7.83. The average Bonchev–Trinajstić information content (AvgIpc) is 3.30. The second kappa shape index (κ2) is 25.4. The number of carbonyl (C=O) groups is 6. The predicted octanol–water partition coefficient (Wildman–Crippen LogP) is 3.65. The normalized spacial score (nSPS) is 25.7. The third-order valence-electron chi connectivity index (χ3n) is 10.7. The molecule has 1 amide bonds. The zero-order valence-electron chi connectivity index (χ0n) is 38.5. The number of hydrogen-bond acceptors (Lipinski definition) is 18. The number of carbonyl (C=O) groups excluding carboxylic acids is 6. The molecule has 1 N–H and O–H groups in total. The van der Waals surface area contributed by atoms with Crippen molar-refractivity contribution in [1.82, 2.24) is 5.32 Å². The van der Waals surface area contributed by atoms with E-state index in [1.165, 1.54) is 14.0 Å². The molecule has 2 saturated heterocycles. The second-order valence-corrected chi connectivity index (χ2v) is 15.8. The maximum Gasteiger partial charge on any atom is 0.366 e. The van der Waals surface area contributed by atoms with Crippen LogP contribution >= 0.6 is 0 Å². The molecule has 3 aromatic carbocycles. The van der Waals surface area contributed by atoms with E-state index in [0.29, 0.717) is 0 Å². The fraction of sp³-hybridized carbons (Fsp3) is 0.500. The van der Waals surface area contributed by atoms with E-state index in [0.717, 1.165) is 51.5 Å². The van der Waals surface area contributed by atoms with Gasteiger partial charge in [-0.15, -0.1) is 0 Å². The Kier molecular flexibility index (Phi) is 19.8. The summed E-state index contributed by atoms with van der Waals surface area (Å²) in [4.78, 5) is 77.1. The highest BCUT2D eigenvalue weighted by Gasteiger charge is 2.60. The smallest absolute Gasteiger partial charge is 0.366 e. The lowest BCUT2D eigenvalue weighted by Gasteiger charge is -2.49. The Labute approximate surface area is 388 Å². The highest BCUT2D eigenvalue weighted by atomic mass is 16.8. The van der Waals surface area contributed by atoms with Gasteiger partial charge in [-0.2, -0.15) is 0 Å². The van der Waals surface area contributed by atoms with Crippen LogP contribution in [0.5, 0.6) is 0 Å². The summed E-state index contributed by atoms with van der Waals surface area (Å²) in [6, 6.07) is 26.9. The van der Waals surface area contributed by atoms with E-state index in [1.807, 2.05) is 91.0 Å². The minimum atomic E-state index is -2.55. The van der Waals surface area contributed by atoms with E-state index in [1.54, 1.807) is 0 Å². The minimum absolute atomic E-state index is 0.0667. The highest BCUT2D eigenvalue weighted by molar-refractivity contribution is 5.79.